The van der Waals surface area contributed by atoms with Crippen molar-refractivity contribution in [2.45, 2.75) is 11.6 Å². The van der Waals surface area contributed by atoms with Gasteiger partial charge in [-0.3, -0.25) is 0 Å². The van der Waals surface area contributed by atoms with Crippen LogP contribution in [-0.4, -0.2) is 49.5 Å². The minimum atomic E-state index is -5.95. The first-order valence-corrected chi connectivity index (χ1v) is 5.04. The highest BCUT2D eigenvalue weighted by Gasteiger charge is 2.46. The van der Waals surface area contributed by atoms with Crippen LogP contribution in [0.5, 0.6) is 0 Å². The van der Waals surface area contributed by atoms with Gasteiger partial charge in [-0.1, -0.05) is 0 Å². The molecule has 0 saturated carbocycles. The number of alkyl halides is 3. The van der Waals surface area contributed by atoms with Crippen molar-refractivity contribution in [3.63, 3.8) is 0 Å². The fourth-order valence-electron chi connectivity index (χ4n) is 0.396. The van der Waals surface area contributed by atoms with Gasteiger partial charge in [0.2, 0.25) is 0 Å². The van der Waals surface area contributed by atoms with Crippen molar-refractivity contribution < 1.29 is 41.6 Å². The molecule has 96 valence electrons. The Morgan fingerprint density at radius 1 is 1.50 bits per heavy atom. The van der Waals surface area contributed by atoms with Gasteiger partial charge >= 0.3 is 15.5 Å². The molecule has 16 heavy (non-hydrogen) atoms. The van der Waals surface area contributed by atoms with E-state index in [0.717, 1.165) is 0 Å². The number of hydrogen-bond donors (Lipinski definition) is 2. The minimum Gasteiger partial charge on any atom is -0.597 e. The topological polar surface area (TPSA) is 119 Å². The van der Waals surface area contributed by atoms with Crippen molar-refractivity contribution >= 4 is 16.1 Å². The maximum absolute atomic E-state index is 11.7. The van der Waals surface area contributed by atoms with Crippen molar-refractivity contribution in [1.29, 1.82) is 0 Å². The average molecular weight is 266 g/mol. The normalized spacial score (nSPS) is 15.9. The Labute approximate surface area is 87.8 Å². The van der Waals surface area contributed by atoms with Crippen LogP contribution >= 0.6 is 0 Å². The number of aliphatic hydroxyl groups excluding tert-OH is 2. The molecule has 0 aliphatic carbocycles. The van der Waals surface area contributed by atoms with Crippen LogP contribution in [-0.2, 0) is 14.8 Å². The van der Waals surface area contributed by atoms with Gasteiger partial charge in [-0.15, -0.1) is 4.40 Å². The number of ether oxygens (including phenoxy) is 1. The molecule has 0 fully saturated rings. The van der Waals surface area contributed by atoms with Crippen LogP contribution < -0.4 is 5.11 Å². The molecule has 0 heterocycles. The largest absolute Gasteiger partial charge is 0.597 e. The Morgan fingerprint density at radius 3 is 2.38 bits per heavy atom. The number of nitrogens with zero attached hydrogens (tertiary/aromatic N) is 1. The number of halogens is 3. The highest BCUT2D eigenvalue weighted by atomic mass is 32.2. The SMILES string of the molecule is O=S(=O)(/N=C(\[O-])OCC(O)CO)C(F)(F)F. The van der Waals surface area contributed by atoms with Crippen LogP contribution in [0.3, 0.4) is 0 Å². The quantitative estimate of drug-likeness (QED) is 0.445. The summed E-state index contributed by atoms with van der Waals surface area (Å²) in [6.07, 6.45) is -3.54. The second-order valence-electron chi connectivity index (χ2n) is 2.43. The summed E-state index contributed by atoms with van der Waals surface area (Å²) in [6, 6.07) is 0. The second kappa shape index (κ2) is 5.32. The molecular formula is C5H7F3NO6S-. The van der Waals surface area contributed by atoms with E-state index in [1.165, 1.54) is 0 Å². The summed E-state index contributed by atoms with van der Waals surface area (Å²) in [5, 5.41) is 27.3. The standard InChI is InChI=1S/C5H8F3NO6S/c6-5(7,8)16(13,14)9-4(12)15-2-3(11)1-10/h3,10-11H,1-2H2,(H,9,12)/p-1. The van der Waals surface area contributed by atoms with Crippen LogP contribution in [0.1, 0.15) is 0 Å². The van der Waals surface area contributed by atoms with Gasteiger partial charge in [-0.05, 0) is 0 Å². The van der Waals surface area contributed by atoms with Crippen LogP contribution in [0.25, 0.3) is 0 Å². The molecule has 0 radical (unpaired) electrons. The smallest absolute Gasteiger partial charge is 0.518 e. The van der Waals surface area contributed by atoms with Crippen molar-refractivity contribution in [3.05, 3.63) is 0 Å². The molecule has 0 spiro atoms. The Hall–Kier alpha value is -1.07. The van der Waals surface area contributed by atoms with Gasteiger partial charge in [0.05, 0.1) is 12.7 Å². The van der Waals surface area contributed by atoms with Gasteiger partial charge in [0.1, 0.15) is 0 Å². The van der Waals surface area contributed by atoms with E-state index in [-0.39, 0.29) is 0 Å². The highest BCUT2D eigenvalue weighted by molar-refractivity contribution is 7.91. The first-order valence-electron chi connectivity index (χ1n) is 3.60. The lowest BCUT2D eigenvalue weighted by molar-refractivity contribution is -0.252. The maximum Gasteiger partial charge on any atom is 0.518 e. The molecular weight excluding hydrogens is 259 g/mol. The van der Waals surface area contributed by atoms with Gasteiger partial charge in [-0.2, -0.15) is 21.6 Å². The van der Waals surface area contributed by atoms with Crippen LogP contribution in [0, 0.1) is 0 Å². The summed E-state index contributed by atoms with van der Waals surface area (Å²) >= 11 is 0. The first kappa shape index (κ1) is 14.9. The van der Waals surface area contributed by atoms with E-state index in [9.17, 15) is 26.7 Å². The lowest BCUT2D eigenvalue weighted by Gasteiger charge is -2.16. The molecule has 7 nitrogen and oxygen atoms in total. The van der Waals surface area contributed by atoms with Crippen LogP contribution in [0.4, 0.5) is 13.2 Å². The molecule has 1 unspecified atom stereocenters. The molecule has 0 aliphatic rings. The third-order valence-corrected chi connectivity index (χ3v) is 2.07. The van der Waals surface area contributed by atoms with Crippen LogP contribution in [0.15, 0.2) is 4.40 Å². The van der Waals surface area contributed by atoms with Gasteiger partial charge in [0, 0.05) is 6.61 Å². The average Bonchev–Trinajstić information content (AvgIpc) is 2.11. The van der Waals surface area contributed by atoms with Gasteiger partial charge < -0.3 is 20.1 Å². The summed E-state index contributed by atoms with van der Waals surface area (Å²) in [5.74, 6) is 0. The molecule has 0 aromatic carbocycles. The van der Waals surface area contributed by atoms with E-state index >= 15 is 0 Å². The third kappa shape index (κ3) is 4.63. The monoisotopic (exact) mass is 266 g/mol. The third-order valence-electron chi connectivity index (χ3n) is 1.10. The molecule has 0 amide bonds. The Balaban J connectivity index is 4.56. The summed E-state index contributed by atoms with van der Waals surface area (Å²) in [4.78, 5) is 0. The van der Waals surface area contributed by atoms with Gasteiger partial charge in [-0.25, -0.2) is 0 Å². The summed E-state index contributed by atoms with van der Waals surface area (Å²) in [7, 11) is -5.95. The molecule has 0 bridgehead atoms. The Bertz CT molecular complexity index is 350. The zero-order valence-corrected chi connectivity index (χ0v) is 8.32. The Morgan fingerprint density at radius 2 is 2.00 bits per heavy atom. The van der Waals surface area contributed by atoms with Crippen molar-refractivity contribution in [1.82, 2.24) is 0 Å². The number of sulfonamides is 1. The molecule has 2 N–H and O–H groups in total. The number of hydrogen-bond acceptors (Lipinski definition) is 6. The Kier molecular flexibility index (Phi) is 4.96. The maximum atomic E-state index is 11.7. The van der Waals surface area contributed by atoms with E-state index in [2.05, 4.69) is 4.74 Å². The minimum absolute atomic E-state index is 0.806. The molecule has 0 aromatic heterocycles. The zero-order chi connectivity index (χ0) is 13.0. The second-order valence-corrected chi connectivity index (χ2v) is 4.02. The van der Waals surface area contributed by atoms with E-state index in [1.54, 1.807) is 4.40 Å². The number of rotatable bonds is 4. The fourth-order valence-corrected chi connectivity index (χ4v) is 0.749. The summed E-state index contributed by atoms with van der Waals surface area (Å²) in [5.41, 5.74) is -5.69. The molecule has 1 atom stereocenters. The van der Waals surface area contributed by atoms with E-state index in [4.69, 9.17) is 10.2 Å². The van der Waals surface area contributed by atoms with E-state index < -0.39 is 40.9 Å². The lowest BCUT2D eigenvalue weighted by atomic mass is 10.4. The van der Waals surface area contributed by atoms with Crippen LogP contribution in [0.2, 0.25) is 0 Å². The molecule has 0 saturated heterocycles. The first-order chi connectivity index (χ1) is 7.10. The van der Waals surface area contributed by atoms with E-state index in [0.29, 0.717) is 0 Å². The number of aliphatic hydroxyl groups is 2. The van der Waals surface area contributed by atoms with Crippen molar-refractivity contribution in [2.75, 3.05) is 13.2 Å². The van der Waals surface area contributed by atoms with Crippen molar-refractivity contribution in [3.8, 4) is 0 Å². The molecule has 0 aromatic rings. The lowest BCUT2D eigenvalue weighted by Crippen LogP contribution is -2.31. The predicted molar refractivity (Wildman–Crippen MR) is 41.5 cm³/mol. The van der Waals surface area contributed by atoms with Gasteiger partial charge in [0.15, 0.2) is 6.08 Å². The fraction of sp³-hybridized carbons (Fsp3) is 0.800. The predicted octanol–water partition coefficient (Wildman–Crippen LogP) is -2.08. The van der Waals surface area contributed by atoms with Gasteiger partial charge in [0.25, 0.3) is 0 Å². The summed E-state index contributed by atoms with van der Waals surface area (Å²) < 4.78 is 61.2. The van der Waals surface area contributed by atoms with E-state index in [1.807, 2.05) is 0 Å². The highest BCUT2D eigenvalue weighted by Crippen LogP contribution is 2.24. The zero-order valence-electron chi connectivity index (χ0n) is 7.51. The molecule has 0 aliphatic heterocycles. The molecule has 0 rings (SSSR count). The summed E-state index contributed by atoms with van der Waals surface area (Å²) in [6.45, 7) is -1.68. The van der Waals surface area contributed by atoms with Crippen molar-refractivity contribution in [2.24, 2.45) is 4.40 Å². The molecule has 11 heteroatoms.